The van der Waals surface area contributed by atoms with Crippen LogP contribution in [-0.4, -0.2) is 39.3 Å². The first-order valence-corrected chi connectivity index (χ1v) is 8.29. The van der Waals surface area contributed by atoms with Crippen molar-refractivity contribution in [2.24, 2.45) is 17.8 Å². The van der Waals surface area contributed by atoms with Crippen LogP contribution in [-0.2, 0) is 19.1 Å². The highest BCUT2D eigenvalue weighted by Gasteiger charge is 2.63. The molecule has 5 nitrogen and oxygen atoms in total. The second-order valence-electron chi connectivity index (χ2n) is 6.07. The lowest BCUT2D eigenvalue weighted by atomic mass is 9.88. The van der Waals surface area contributed by atoms with Gasteiger partial charge in [-0.05, 0) is 25.7 Å². The number of hydrogen-bond donors (Lipinski definition) is 1. The number of fused-ring (bicyclic) bond motifs is 1. The van der Waals surface area contributed by atoms with E-state index in [2.05, 4.69) is 22.6 Å². The molecule has 0 aromatic rings. The summed E-state index contributed by atoms with van der Waals surface area (Å²) in [7, 11) is 0. The fourth-order valence-corrected chi connectivity index (χ4v) is 4.26. The number of alkyl halides is 1. The van der Waals surface area contributed by atoms with E-state index in [9.17, 15) is 9.59 Å². The molecule has 20 heavy (non-hydrogen) atoms. The highest BCUT2D eigenvalue weighted by Crippen LogP contribution is 2.55. The number of rotatable bonds is 5. The fraction of sp³-hybridized carbons (Fsp3) is 0.857. The molecule has 0 aromatic heterocycles. The van der Waals surface area contributed by atoms with E-state index in [0.717, 1.165) is 12.8 Å². The van der Waals surface area contributed by atoms with Crippen LogP contribution in [0.3, 0.4) is 0 Å². The first kappa shape index (κ1) is 14.6. The van der Waals surface area contributed by atoms with Crippen molar-refractivity contribution in [1.82, 2.24) is 0 Å². The zero-order chi connectivity index (χ0) is 14.5. The summed E-state index contributed by atoms with van der Waals surface area (Å²) in [5.41, 5.74) is 0. The van der Waals surface area contributed by atoms with Crippen LogP contribution in [0.5, 0.6) is 0 Å². The van der Waals surface area contributed by atoms with E-state index in [1.807, 2.05) is 6.92 Å². The predicted octanol–water partition coefficient (Wildman–Crippen LogP) is 1.45. The Morgan fingerprint density at radius 3 is 2.95 bits per heavy atom. The largest absolute Gasteiger partial charge is 0.458 e. The van der Waals surface area contributed by atoms with Crippen LogP contribution in [0, 0.1) is 17.8 Å². The van der Waals surface area contributed by atoms with Crippen molar-refractivity contribution in [3.8, 4) is 0 Å². The molecule has 6 unspecified atom stereocenters. The molecule has 0 aromatic carbocycles. The SMILES string of the molecule is CCC(I)(CCO)C(=O)OC1C2CC3C(=O)OC1C3C2. The molecule has 112 valence electrons. The Hall–Kier alpha value is -0.370. The van der Waals surface area contributed by atoms with Crippen LogP contribution in [0.4, 0.5) is 0 Å². The van der Waals surface area contributed by atoms with E-state index in [1.165, 1.54) is 0 Å². The first-order valence-electron chi connectivity index (χ1n) is 7.21. The van der Waals surface area contributed by atoms with Crippen molar-refractivity contribution >= 4 is 34.5 Å². The topological polar surface area (TPSA) is 72.8 Å². The number of halogens is 1. The summed E-state index contributed by atoms with van der Waals surface area (Å²) < 4.78 is 10.4. The highest BCUT2D eigenvalue weighted by atomic mass is 127. The first-order chi connectivity index (χ1) is 9.50. The molecule has 1 aliphatic heterocycles. The monoisotopic (exact) mass is 394 g/mol. The third-order valence-corrected chi connectivity index (χ3v) is 6.83. The summed E-state index contributed by atoms with van der Waals surface area (Å²) in [6.07, 6.45) is 2.20. The Bertz CT molecular complexity index is 439. The van der Waals surface area contributed by atoms with Crippen molar-refractivity contribution in [1.29, 1.82) is 0 Å². The van der Waals surface area contributed by atoms with Gasteiger partial charge in [0.1, 0.15) is 15.6 Å². The second-order valence-corrected chi connectivity index (χ2v) is 8.13. The van der Waals surface area contributed by atoms with Gasteiger partial charge in [0, 0.05) is 18.4 Å². The highest BCUT2D eigenvalue weighted by molar-refractivity contribution is 14.1. The van der Waals surface area contributed by atoms with Crippen molar-refractivity contribution in [2.75, 3.05) is 6.61 Å². The molecule has 1 heterocycles. The summed E-state index contributed by atoms with van der Waals surface area (Å²) in [4.78, 5) is 24.1. The maximum atomic E-state index is 12.4. The zero-order valence-corrected chi connectivity index (χ0v) is 13.5. The number of carbonyl (C=O) groups excluding carboxylic acids is 2. The second kappa shape index (κ2) is 5.12. The number of hydrogen-bond acceptors (Lipinski definition) is 5. The van der Waals surface area contributed by atoms with Gasteiger partial charge in [0.2, 0.25) is 0 Å². The Morgan fingerprint density at radius 2 is 2.30 bits per heavy atom. The van der Waals surface area contributed by atoms with Gasteiger partial charge in [-0.15, -0.1) is 0 Å². The van der Waals surface area contributed by atoms with E-state index in [-0.39, 0.29) is 48.5 Å². The molecule has 0 amide bonds. The van der Waals surface area contributed by atoms with Gasteiger partial charge < -0.3 is 14.6 Å². The van der Waals surface area contributed by atoms with Crippen LogP contribution in [0.1, 0.15) is 32.6 Å². The maximum Gasteiger partial charge on any atom is 0.322 e. The van der Waals surface area contributed by atoms with Gasteiger partial charge in [-0.2, -0.15) is 0 Å². The Kier molecular flexibility index (Phi) is 3.73. The van der Waals surface area contributed by atoms with Gasteiger partial charge in [0.05, 0.1) is 5.92 Å². The number of ether oxygens (including phenoxy) is 2. The molecule has 0 spiro atoms. The van der Waals surface area contributed by atoms with E-state index >= 15 is 0 Å². The quantitative estimate of drug-likeness (QED) is 0.434. The standard InChI is InChI=1S/C14H19IO5/c1-2-14(15,3-4-16)13(18)20-10-7-5-8-9(6-7)12(17)19-11(8)10/h7-11,16H,2-6H2,1H3. The molecule has 2 saturated carbocycles. The normalized spacial score (nSPS) is 40.5. The van der Waals surface area contributed by atoms with Crippen LogP contribution < -0.4 is 0 Å². The molecule has 2 aliphatic carbocycles. The molecule has 6 atom stereocenters. The van der Waals surface area contributed by atoms with Gasteiger partial charge in [-0.3, -0.25) is 9.59 Å². The number of carbonyl (C=O) groups is 2. The molecule has 3 aliphatic rings. The Labute approximate surface area is 131 Å². The lowest BCUT2D eigenvalue weighted by Gasteiger charge is -2.30. The van der Waals surface area contributed by atoms with Gasteiger partial charge >= 0.3 is 11.9 Å². The lowest BCUT2D eigenvalue weighted by molar-refractivity contribution is -0.164. The maximum absolute atomic E-state index is 12.4. The van der Waals surface area contributed by atoms with Crippen molar-refractivity contribution in [3.05, 3.63) is 0 Å². The summed E-state index contributed by atoms with van der Waals surface area (Å²) in [6, 6.07) is 0. The number of aliphatic hydroxyl groups is 1. The van der Waals surface area contributed by atoms with Crippen molar-refractivity contribution in [2.45, 2.75) is 48.2 Å². The average molecular weight is 394 g/mol. The molecule has 1 N–H and O–H groups in total. The molecular formula is C14H19IO5. The Morgan fingerprint density at radius 1 is 1.55 bits per heavy atom. The number of esters is 2. The summed E-state index contributed by atoms with van der Waals surface area (Å²) in [6.45, 7) is 1.87. The smallest absolute Gasteiger partial charge is 0.322 e. The third kappa shape index (κ3) is 2.06. The van der Waals surface area contributed by atoms with Crippen molar-refractivity contribution < 1.29 is 24.2 Å². The van der Waals surface area contributed by atoms with Crippen LogP contribution in [0.25, 0.3) is 0 Å². The Balaban J connectivity index is 1.70. The molecule has 6 heteroatoms. The molecule has 2 bridgehead atoms. The van der Waals surface area contributed by atoms with E-state index in [0.29, 0.717) is 12.8 Å². The van der Waals surface area contributed by atoms with E-state index < -0.39 is 3.42 Å². The van der Waals surface area contributed by atoms with Crippen LogP contribution in [0.2, 0.25) is 0 Å². The van der Waals surface area contributed by atoms with Gasteiger partial charge in [-0.1, -0.05) is 29.5 Å². The zero-order valence-electron chi connectivity index (χ0n) is 11.4. The number of aliphatic hydroxyl groups excluding tert-OH is 1. The van der Waals surface area contributed by atoms with Gasteiger partial charge in [-0.25, -0.2) is 0 Å². The average Bonchev–Trinajstić information content (AvgIpc) is 3.03. The van der Waals surface area contributed by atoms with Crippen LogP contribution in [0.15, 0.2) is 0 Å². The van der Waals surface area contributed by atoms with Crippen molar-refractivity contribution in [3.63, 3.8) is 0 Å². The third-order valence-electron chi connectivity index (χ3n) is 5.09. The van der Waals surface area contributed by atoms with E-state index in [1.54, 1.807) is 0 Å². The molecular weight excluding hydrogens is 375 g/mol. The summed E-state index contributed by atoms with van der Waals surface area (Å²) in [5.74, 6) is 0.137. The minimum Gasteiger partial charge on any atom is -0.458 e. The summed E-state index contributed by atoms with van der Waals surface area (Å²) in [5, 5.41) is 9.11. The van der Waals surface area contributed by atoms with Gasteiger partial charge in [0.25, 0.3) is 0 Å². The van der Waals surface area contributed by atoms with Gasteiger partial charge in [0.15, 0.2) is 0 Å². The molecule has 3 fully saturated rings. The summed E-state index contributed by atoms with van der Waals surface area (Å²) >= 11 is 2.07. The lowest BCUT2D eigenvalue weighted by Crippen LogP contribution is -2.42. The predicted molar refractivity (Wildman–Crippen MR) is 78.2 cm³/mol. The fourth-order valence-electron chi connectivity index (χ4n) is 3.89. The minimum absolute atomic E-state index is 0.0351. The molecule has 0 radical (unpaired) electrons. The van der Waals surface area contributed by atoms with E-state index in [4.69, 9.17) is 14.6 Å². The molecule has 1 saturated heterocycles. The molecule has 3 rings (SSSR count). The van der Waals surface area contributed by atoms with Crippen LogP contribution >= 0.6 is 22.6 Å². The minimum atomic E-state index is -0.684.